The van der Waals surface area contributed by atoms with E-state index in [1.54, 1.807) is 0 Å². The largest absolute Gasteiger partial charge is 0.472 e. The highest BCUT2D eigenvalue weighted by molar-refractivity contribution is 7.04. The fourth-order valence-corrected chi connectivity index (χ4v) is 5.20. The lowest BCUT2D eigenvalue weighted by atomic mass is 10.3. The number of aliphatic carboxylic acids is 2. The van der Waals surface area contributed by atoms with E-state index in [1.165, 1.54) is 0 Å². The molecule has 1 rings (SSSR count). The number of hydrogen-bond donors (Lipinski definition) is 2. The first-order chi connectivity index (χ1) is 10.5. The summed E-state index contributed by atoms with van der Waals surface area (Å²) in [4.78, 5) is 21.7. The molecule has 0 radical (unpaired) electrons. The Bertz CT molecular complexity index is 612. The minimum Gasteiger partial charge on any atom is -0.472 e. The quantitative estimate of drug-likeness (QED) is 0.493. The Kier molecular flexibility index (Phi) is 6.95. The van der Waals surface area contributed by atoms with Crippen LogP contribution in [0.1, 0.15) is 26.2 Å². The Morgan fingerprint density at radius 2 is 1.55 bits per heavy atom. The Morgan fingerprint density at radius 3 is 2.00 bits per heavy atom. The van der Waals surface area contributed by atoms with E-state index in [0.29, 0.717) is 6.04 Å². The molecule has 5 heteroatoms. The van der Waals surface area contributed by atoms with Crippen LogP contribution < -0.4 is 5.19 Å². The summed E-state index contributed by atoms with van der Waals surface area (Å²) in [5.41, 5.74) is 5.63. The van der Waals surface area contributed by atoms with Gasteiger partial charge >= 0.3 is 11.9 Å². The van der Waals surface area contributed by atoms with E-state index in [2.05, 4.69) is 29.9 Å². The van der Waals surface area contributed by atoms with E-state index in [4.69, 9.17) is 10.2 Å². The van der Waals surface area contributed by atoms with Crippen LogP contribution in [-0.4, -0.2) is 30.2 Å². The van der Waals surface area contributed by atoms with Gasteiger partial charge in [-0.1, -0.05) is 67.6 Å². The Labute approximate surface area is 131 Å². The number of carbonyl (C=O) groups is 2. The first kappa shape index (κ1) is 17.5. The first-order valence-electron chi connectivity index (χ1n) is 7.08. The molecule has 0 spiro atoms. The molecular weight excluding hydrogens is 296 g/mol. The predicted octanol–water partition coefficient (Wildman–Crippen LogP) is 1.79. The van der Waals surface area contributed by atoms with Crippen molar-refractivity contribution in [1.82, 2.24) is 0 Å². The van der Waals surface area contributed by atoms with E-state index in [1.807, 2.05) is 30.3 Å². The van der Waals surface area contributed by atoms with Crippen LogP contribution in [0.15, 0.2) is 30.3 Å². The fraction of sp³-hybridized carbons (Fsp3) is 0.294. The van der Waals surface area contributed by atoms with Gasteiger partial charge in [0.2, 0.25) is 8.07 Å². The monoisotopic (exact) mass is 314 g/mol. The van der Waals surface area contributed by atoms with Gasteiger partial charge in [0.15, 0.2) is 0 Å². The number of benzene rings is 1. The number of carboxylic acids is 2. The van der Waals surface area contributed by atoms with Crippen molar-refractivity contribution in [1.29, 1.82) is 0 Å². The van der Waals surface area contributed by atoms with Crippen molar-refractivity contribution in [3.63, 3.8) is 0 Å². The number of unbranched alkanes of at least 4 members (excludes halogenated alkanes) is 2. The molecule has 0 aliphatic heterocycles. The third kappa shape index (κ3) is 5.47. The SMILES string of the molecule is CCCCC[Si](C#CC(=O)O)(C#CC(=O)O)c1ccccc1. The molecular formula is C17H18O4Si. The van der Waals surface area contributed by atoms with Crippen LogP contribution in [0.25, 0.3) is 0 Å². The van der Waals surface area contributed by atoms with Gasteiger partial charge in [0.25, 0.3) is 0 Å². The van der Waals surface area contributed by atoms with Gasteiger partial charge in [0.1, 0.15) is 0 Å². The lowest BCUT2D eigenvalue weighted by Gasteiger charge is -2.20. The van der Waals surface area contributed by atoms with Crippen LogP contribution in [0.4, 0.5) is 0 Å². The van der Waals surface area contributed by atoms with E-state index < -0.39 is 20.0 Å². The maximum absolute atomic E-state index is 10.8. The number of carboxylic acid groups (broad SMARTS) is 2. The van der Waals surface area contributed by atoms with E-state index in [9.17, 15) is 9.59 Å². The lowest BCUT2D eigenvalue weighted by molar-refractivity contribution is -0.131. The molecule has 2 N–H and O–H groups in total. The minimum absolute atomic E-state index is 0.630. The number of hydrogen-bond acceptors (Lipinski definition) is 2. The normalized spacial score (nSPS) is 9.86. The summed E-state index contributed by atoms with van der Waals surface area (Å²) in [5, 5.41) is 18.6. The lowest BCUT2D eigenvalue weighted by Crippen LogP contribution is -2.46. The summed E-state index contributed by atoms with van der Waals surface area (Å²) in [6.07, 6.45) is 2.84. The van der Waals surface area contributed by atoms with E-state index in [-0.39, 0.29) is 0 Å². The second-order valence-corrected chi connectivity index (χ2v) is 8.23. The van der Waals surface area contributed by atoms with Crippen LogP contribution in [0.5, 0.6) is 0 Å². The topological polar surface area (TPSA) is 74.6 Å². The van der Waals surface area contributed by atoms with Gasteiger partial charge in [0.05, 0.1) is 0 Å². The Balaban J connectivity index is 3.36. The van der Waals surface area contributed by atoms with Crippen molar-refractivity contribution in [2.24, 2.45) is 0 Å². The number of rotatable bonds is 5. The van der Waals surface area contributed by atoms with Crippen LogP contribution in [0.2, 0.25) is 6.04 Å². The molecule has 1 aromatic carbocycles. The maximum Gasteiger partial charge on any atom is 0.381 e. The highest BCUT2D eigenvalue weighted by Gasteiger charge is 2.32. The molecule has 0 fully saturated rings. The van der Waals surface area contributed by atoms with Crippen LogP contribution in [0, 0.1) is 22.9 Å². The molecule has 1 aromatic rings. The van der Waals surface area contributed by atoms with Crippen LogP contribution >= 0.6 is 0 Å². The zero-order valence-corrected chi connectivity index (χ0v) is 13.4. The highest BCUT2D eigenvalue weighted by atomic mass is 28.3. The molecule has 0 aromatic heterocycles. The average Bonchev–Trinajstić information content (AvgIpc) is 2.50. The van der Waals surface area contributed by atoms with Crippen molar-refractivity contribution < 1.29 is 19.8 Å². The molecule has 0 amide bonds. The summed E-state index contributed by atoms with van der Waals surface area (Å²) in [6.45, 7) is 2.07. The first-order valence-corrected chi connectivity index (χ1v) is 9.28. The fourth-order valence-electron chi connectivity index (χ4n) is 2.13. The predicted molar refractivity (Wildman–Crippen MR) is 87.0 cm³/mol. The Hall–Kier alpha value is -2.50. The van der Waals surface area contributed by atoms with Crippen LogP contribution in [-0.2, 0) is 9.59 Å². The molecule has 114 valence electrons. The van der Waals surface area contributed by atoms with Gasteiger partial charge in [-0.25, -0.2) is 9.59 Å². The third-order valence-corrected chi connectivity index (χ3v) is 6.71. The summed E-state index contributed by atoms with van der Waals surface area (Å²) in [6, 6.07) is 9.86. The molecule has 0 atom stereocenters. The standard InChI is InChI=1S/C17H18O4Si/c1-2-3-7-12-22(13-10-16(18)19,14-11-17(20)21)15-8-5-4-6-9-15/h4-6,8-9H,2-3,7,12H2,1H3,(H,18,19)(H,20,21). The third-order valence-electron chi connectivity index (χ3n) is 3.19. The van der Waals surface area contributed by atoms with Crippen molar-refractivity contribution in [2.75, 3.05) is 0 Å². The zero-order valence-electron chi connectivity index (χ0n) is 12.4. The van der Waals surface area contributed by atoms with Crippen molar-refractivity contribution in [3.8, 4) is 22.9 Å². The molecule has 22 heavy (non-hydrogen) atoms. The molecule has 0 aliphatic rings. The van der Waals surface area contributed by atoms with E-state index in [0.717, 1.165) is 24.4 Å². The molecule has 4 nitrogen and oxygen atoms in total. The van der Waals surface area contributed by atoms with Gasteiger partial charge in [-0.05, 0) is 11.2 Å². The maximum atomic E-state index is 10.8. The van der Waals surface area contributed by atoms with E-state index >= 15 is 0 Å². The van der Waals surface area contributed by atoms with Gasteiger partial charge in [-0.15, -0.1) is 0 Å². The van der Waals surface area contributed by atoms with Crippen molar-refractivity contribution in [3.05, 3.63) is 30.3 Å². The van der Waals surface area contributed by atoms with Gasteiger partial charge in [-0.2, -0.15) is 0 Å². The summed E-state index contributed by atoms with van der Waals surface area (Å²) >= 11 is 0. The van der Waals surface area contributed by atoms with Crippen molar-refractivity contribution in [2.45, 2.75) is 32.2 Å². The Morgan fingerprint density at radius 1 is 1.00 bits per heavy atom. The zero-order chi connectivity index (χ0) is 16.4. The molecule has 0 saturated heterocycles. The molecule has 0 aliphatic carbocycles. The van der Waals surface area contributed by atoms with Gasteiger partial charge in [-0.3, -0.25) is 0 Å². The van der Waals surface area contributed by atoms with Gasteiger partial charge in [0, 0.05) is 11.8 Å². The smallest absolute Gasteiger partial charge is 0.381 e. The molecule has 0 saturated carbocycles. The molecule has 0 heterocycles. The second-order valence-electron chi connectivity index (χ2n) is 4.84. The average molecular weight is 314 g/mol. The van der Waals surface area contributed by atoms with Crippen LogP contribution in [0.3, 0.4) is 0 Å². The summed E-state index contributed by atoms with van der Waals surface area (Å²) in [7, 11) is -2.82. The second kappa shape index (κ2) is 8.71. The minimum atomic E-state index is -2.82. The molecule has 0 bridgehead atoms. The van der Waals surface area contributed by atoms with Crippen molar-refractivity contribution >= 4 is 25.2 Å². The van der Waals surface area contributed by atoms with Gasteiger partial charge < -0.3 is 10.2 Å². The molecule has 0 unspecified atom stereocenters. The summed E-state index contributed by atoms with van der Waals surface area (Å²) < 4.78 is 0. The highest BCUT2D eigenvalue weighted by Crippen LogP contribution is 2.14. The summed E-state index contributed by atoms with van der Waals surface area (Å²) in [5.74, 6) is 1.89.